The van der Waals surface area contributed by atoms with E-state index in [4.69, 9.17) is 0 Å². The smallest absolute Gasteiger partial charge is 0.0914 e. The summed E-state index contributed by atoms with van der Waals surface area (Å²) >= 11 is 0. The van der Waals surface area contributed by atoms with Crippen LogP contribution in [0, 0.1) is 0 Å². The lowest BCUT2D eigenvalue weighted by atomic mass is 9.84. The highest BCUT2D eigenvalue weighted by Crippen LogP contribution is 2.32. The van der Waals surface area contributed by atoms with Gasteiger partial charge < -0.3 is 10.4 Å². The minimum Gasteiger partial charge on any atom is -0.387 e. The van der Waals surface area contributed by atoms with Gasteiger partial charge in [-0.1, -0.05) is 50.5 Å². The Balaban J connectivity index is 1.95. The first-order valence-corrected chi connectivity index (χ1v) is 7.30. The summed E-state index contributed by atoms with van der Waals surface area (Å²) in [5.74, 6) is 0.749. The molecule has 2 N–H and O–H groups in total. The molecule has 2 heteroatoms. The van der Waals surface area contributed by atoms with E-state index in [-0.39, 0.29) is 6.10 Å². The average molecular weight is 247 g/mol. The molecule has 1 atom stereocenters. The van der Waals surface area contributed by atoms with Gasteiger partial charge >= 0.3 is 0 Å². The number of nitrogens with one attached hydrogen (secondary N) is 1. The van der Waals surface area contributed by atoms with Crippen LogP contribution in [0.2, 0.25) is 0 Å². The first-order chi connectivity index (χ1) is 8.81. The molecule has 0 radical (unpaired) electrons. The molecule has 18 heavy (non-hydrogen) atoms. The standard InChI is InChI=1S/C16H25NO/c1-2-17-12-16(18)15-10-8-14(9-11-15)13-6-4-3-5-7-13/h8-11,13,16-18H,2-7,12H2,1H3. The van der Waals surface area contributed by atoms with E-state index in [1.165, 1.54) is 37.7 Å². The van der Waals surface area contributed by atoms with Crippen LogP contribution in [0.15, 0.2) is 24.3 Å². The van der Waals surface area contributed by atoms with Crippen molar-refractivity contribution in [3.8, 4) is 0 Å². The summed E-state index contributed by atoms with van der Waals surface area (Å²) in [5.41, 5.74) is 2.48. The van der Waals surface area contributed by atoms with Gasteiger partial charge in [-0.15, -0.1) is 0 Å². The molecule has 1 unspecified atom stereocenters. The van der Waals surface area contributed by atoms with Gasteiger partial charge in [0.15, 0.2) is 0 Å². The Bertz CT molecular complexity index is 341. The molecule has 100 valence electrons. The Morgan fingerprint density at radius 3 is 2.44 bits per heavy atom. The van der Waals surface area contributed by atoms with Gasteiger partial charge in [-0.3, -0.25) is 0 Å². The van der Waals surface area contributed by atoms with Crippen LogP contribution in [0.1, 0.15) is 62.2 Å². The van der Waals surface area contributed by atoms with Gasteiger partial charge in [0.25, 0.3) is 0 Å². The first kappa shape index (κ1) is 13.6. The molecule has 0 amide bonds. The Morgan fingerprint density at radius 1 is 1.17 bits per heavy atom. The van der Waals surface area contributed by atoms with Crippen LogP contribution in [-0.2, 0) is 0 Å². The van der Waals surface area contributed by atoms with Gasteiger partial charge in [0.2, 0.25) is 0 Å². The number of hydrogen-bond acceptors (Lipinski definition) is 2. The summed E-state index contributed by atoms with van der Waals surface area (Å²) in [6.45, 7) is 3.59. The number of rotatable bonds is 5. The first-order valence-electron chi connectivity index (χ1n) is 7.30. The molecule has 0 aromatic heterocycles. The number of aliphatic hydroxyl groups is 1. The predicted octanol–water partition coefficient (Wildman–Crippen LogP) is 3.38. The second kappa shape index (κ2) is 6.91. The molecule has 0 heterocycles. The SMILES string of the molecule is CCNCC(O)c1ccc(C2CCCCC2)cc1. The molecule has 1 aliphatic rings. The molecular formula is C16H25NO. The zero-order chi connectivity index (χ0) is 12.8. The van der Waals surface area contributed by atoms with E-state index in [9.17, 15) is 5.11 Å². The number of benzene rings is 1. The van der Waals surface area contributed by atoms with E-state index in [0.29, 0.717) is 6.54 Å². The third-order valence-electron chi connectivity index (χ3n) is 3.99. The van der Waals surface area contributed by atoms with Crippen LogP contribution in [0.5, 0.6) is 0 Å². The fraction of sp³-hybridized carbons (Fsp3) is 0.625. The van der Waals surface area contributed by atoms with Crippen LogP contribution < -0.4 is 5.32 Å². The molecule has 0 spiro atoms. The lowest BCUT2D eigenvalue weighted by Gasteiger charge is -2.22. The Kier molecular flexibility index (Phi) is 5.21. The zero-order valence-corrected chi connectivity index (χ0v) is 11.4. The molecule has 2 rings (SSSR count). The maximum Gasteiger partial charge on any atom is 0.0914 e. The van der Waals surface area contributed by atoms with Crippen molar-refractivity contribution in [2.75, 3.05) is 13.1 Å². The third-order valence-corrected chi connectivity index (χ3v) is 3.99. The largest absolute Gasteiger partial charge is 0.387 e. The monoisotopic (exact) mass is 247 g/mol. The maximum atomic E-state index is 9.99. The second-order valence-corrected chi connectivity index (χ2v) is 5.33. The average Bonchev–Trinajstić information content (AvgIpc) is 2.46. The molecule has 1 aliphatic carbocycles. The fourth-order valence-electron chi connectivity index (χ4n) is 2.83. The molecule has 1 aromatic carbocycles. The second-order valence-electron chi connectivity index (χ2n) is 5.33. The quantitative estimate of drug-likeness (QED) is 0.836. The van der Waals surface area contributed by atoms with Crippen molar-refractivity contribution >= 4 is 0 Å². The van der Waals surface area contributed by atoms with E-state index >= 15 is 0 Å². The van der Waals surface area contributed by atoms with Crippen molar-refractivity contribution in [3.63, 3.8) is 0 Å². The fourth-order valence-corrected chi connectivity index (χ4v) is 2.83. The van der Waals surface area contributed by atoms with E-state index in [2.05, 4.69) is 36.5 Å². The number of likely N-dealkylation sites (N-methyl/N-ethyl adjacent to an activating group) is 1. The summed E-state index contributed by atoms with van der Waals surface area (Å²) in [6, 6.07) is 8.60. The lowest BCUT2D eigenvalue weighted by Crippen LogP contribution is -2.20. The topological polar surface area (TPSA) is 32.3 Å². The minimum absolute atomic E-state index is 0.384. The summed E-state index contributed by atoms with van der Waals surface area (Å²) in [7, 11) is 0. The lowest BCUT2D eigenvalue weighted by molar-refractivity contribution is 0.175. The van der Waals surface area contributed by atoms with Gasteiger partial charge in [0, 0.05) is 6.54 Å². The molecule has 0 saturated heterocycles. The maximum absolute atomic E-state index is 9.99. The molecule has 1 saturated carbocycles. The van der Waals surface area contributed by atoms with Gasteiger partial charge in [-0.2, -0.15) is 0 Å². The normalized spacial score (nSPS) is 18.8. The van der Waals surface area contributed by atoms with Crippen molar-refractivity contribution in [1.29, 1.82) is 0 Å². The van der Waals surface area contributed by atoms with Gasteiger partial charge in [-0.05, 0) is 36.4 Å². The van der Waals surface area contributed by atoms with Crippen molar-refractivity contribution in [2.45, 2.75) is 51.0 Å². The van der Waals surface area contributed by atoms with Crippen molar-refractivity contribution in [1.82, 2.24) is 5.32 Å². The molecule has 1 fully saturated rings. The Hall–Kier alpha value is -0.860. The molecule has 2 nitrogen and oxygen atoms in total. The number of aliphatic hydroxyl groups excluding tert-OH is 1. The van der Waals surface area contributed by atoms with E-state index < -0.39 is 0 Å². The summed E-state index contributed by atoms with van der Waals surface area (Å²) in [6.07, 6.45) is 6.42. The van der Waals surface area contributed by atoms with Crippen molar-refractivity contribution in [2.24, 2.45) is 0 Å². The van der Waals surface area contributed by atoms with Crippen molar-refractivity contribution in [3.05, 3.63) is 35.4 Å². The Morgan fingerprint density at radius 2 is 1.83 bits per heavy atom. The summed E-state index contributed by atoms with van der Waals surface area (Å²) in [4.78, 5) is 0. The summed E-state index contributed by atoms with van der Waals surface area (Å²) < 4.78 is 0. The van der Waals surface area contributed by atoms with Crippen LogP contribution >= 0.6 is 0 Å². The molecule has 0 aliphatic heterocycles. The van der Waals surface area contributed by atoms with Gasteiger partial charge in [0.1, 0.15) is 0 Å². The van der Waals surface area contributed by atoms with E-state index in [0.717, 1.165) is 18.0 Å². The minimum atomic E-state index is -0.384. The van der Waals surface area contributed by atoms with Gasteiger partial charge in [0.05, 0.1) is 6.10 Å². The number of hydrogen-bond donors (Lipinski definition) is 2. The zero-order valence-electron chi connectivity index (χ0n) is 11.4. The van der Waals surface area contributed by atoms with Crippen LogP contribution in [0.25, 0.3) is 0 Å². The predicted molar refractivity (Wildman–Crippen MR) is 75.8 cm³/mol. The van der Waals surface area contributed by atoms with Crippen LogP contribution in [-0.4, -0.2) is 18.2 Å². The highest BCUT2D eigenvalue weighted by atomic mass is 16.3. The molecular weight excluding hydrogens is 222 g/mol. The van der Waals surface area contributed by atoms with Crippen molar-refractivity contribution < 1.29 is 5.11 Å². The van der Waals surface area contributed by atoms with Crippen LogP contribution in [0.3, 0.4) is 0 Å². The highest BCUT2D eigenvalue weighted by molar-refractivity contribution is 5.27. The van der Waals surface area contributed by atoms with E-state index in [1.54, 1.807) is 0 Å². The molecule has 1 aromatic rings. The van der Waals surface area contributed by atoms with Gasteiger partial charge in [-0.25, -0.2) is 0 Å². The summed E-state index contributed by atoms with van der Waals surface area (Å²) in [5, 5.41) is 13.2. The highest BCUT2D eigenvalue weighted by Gasteiger charge is 2.15. The van der Waals surface area contributed by atoms with E-state index in [1.807, 2.05) is 0 Å². The Labute approximate surface area is 110 Å². The molecule has 0 bridgehead atoms. The van der Waals surface area contributed by atoms with Crippen LogP contribution in [0.4, 0.5) is 0 Å². The third kappa shape index (κ3) is 3.56.